The SMILES string of the molecule is Cc1nc(NC(=O)Cc2ccccc2)sc1Cc1ccc(Br)c(Cl)c1. The second-order valence-corrected chi connectivity index (χ2v) is 8.01. The Morgan fingerprint density at radius 2 is 1.96 bits per heavy atom. The number of benzene rings is 2. The normalized spacial score (nSPS) is 10.7. The molecule has 1 amide bonds. The smallest absolute Gasteiger partial charge is 0.230 e. The van der Waals surface area contributed by atoms with E-state index in [2.05, 4.69) is 26.2 Å². The number of halogens is 2. The molecule has 3 rings (SSSR count). The number of hydrogen-bond acceptors (Lipinski definition) is 3. The molecular formula is C19H16BrClN2OS. The van der Waals surface area contributed by atoms with Gasteiger partial charge in [-0.25, -0.2) is 4.98 Å². The van der Waals surface area contributed by atoms with Crippen LogP contribution in [0.15, 0.2) is 53.0 Å². The number of aryl methyl sites for hydroxylation is 1. The van der Waals surface area contributed by atoms with E-state index in [0.717, 1.165) is 32.6 Å². The number of aromatic nitrogens is 1. The highest BCUT2D eigenvalue weighted by Crippen LogP contribution is 2.28. The minimum absolute atomic E-state index is 0.0572. The Morgan fingerprint density at radius 1 is 1.20 bits per heavy atom. The van der Waals surface area contributed by atoms with Gasteiger partial charge < -0.3 is 5.32 Å². The minimum Gasteiger partial charge on any atom is -0.302 e. The van der Waals surface area contributed by atoms with Crippen molar-refractivity contribution in [2.24, 2.45) is 0 Å². The Bertz CT molecular complexity index is 896. The third-order valence-electron chi connectivity index (χ3n) is 3.70. The molecule has 1 aromatic heterocycles. The maximum Gasteiger partial charge on any atom is 0.230 e. The lowest BCUT2D eigenvalue weighted by Gasteiger charge is -2.02. The molecule has 25 heavy (non-hydrogen) atoms. The molecule has 1 heterocycles. The molecule has 0 aliphatic heterocycles. The molecule has 0 saturated carbocycles. The molecule has 3 aromatic rings. The van der Waals surface area contributed by atoms with E-state index in [1.807, 2.05) is 55.5 Å². The molecule has 6 heteroatoms. The third kappa shape index (κ3) is 4.91. The zero-order chi connectivity index (χ0) is 17.8. The molecule has 2 aromatic carbocycles. The Labute approximate surface area is 164 Å². The number of carbonyl (C=O) groups excluding carboxylic acids is 1. The Balaban J connectivity index is 1.67. The quantitative estimate of drug-likeness (QED) is 0.563. The zero-order valence-electron chi connectivity index (χ0n) is 13.6. The van der Waals surface area contributed by atoms with Crippen LogP contribution in [-0.4, -0.2) is 10.9 Å². The lowest BCUT2D eigenvalue weighted by Crippen LogP contribution is -2.14. The van der Waals surface area contributed by atoms with Crippen molar-refractivity contribution in [2.45, 2.75) is 19.8 Å². The van der Waals surface area contributed by atoms with E-state index in [0.29, 0.717) is 16.6 Å². The Morgan fingerprint density at radius 3 is 2.68 bits per heavy atom. The van der Waals surface area contributed by atoms with Crippen LogP contribution in [0.25, 0.3) is 0 Å². The van der Waals surface area contributed by atoms with Crippen LogP contribution in [-0.2, 0) is 17.6 Å². The molecule has 0 bridgehead atoms. The van der Waals surface area contributed by atoms with Crippen LogP contribution in [0.2, 0.25) is 5.02 Å². The first-order chi connectivity index (χ1) is 12.0. The molecule has 0 unspecified atom stereocenters. The summed E-state index contributed by atoms with van der Waals surface area (Å²) in [6.45, 7) is 1.96. The van der Waals surface area contributed by atoms with Gasteiger partial charge in [-0.05, 0) is 46.1 Å². The van der Waals surface area contributed by atoms with Gasteiger partial charge in [-0.15, -0.1) is 11.3 Å². The molecule has 3 nitrogen and oxygen atoms in total. The fraction of sp³-hybridized carbons (Fsp3) is 0.158. The van der Waals surface area contributed by atoms with Gasteiger partial charge >= 0.3 is 0 Å². The van der Waals surface area contributed by atoms with Crippen molar-refractivity contribution in [2.75, 3.05) is 5.32 Å². The van der Waals surface area contributed by atoms with Gasteiger partial charge in [-0.3, -0.25) is 4.79 Å². The van der Waals surface area contributed by atoms with Crippen molar-refractivity contribution in [3.8, 4) is 0 Å². The highest BCUT2D eigenvalue weighted by Gasteiger charge is 2.12. The highest BCUT2D eigenvalue weighted by molar-refractivity contribution is 9.10. The first kappa shape index (κ1) is 18.1. The summed E-state index contributed by atoms with van der Waals surface area (Å²) in [6.07, 6.45) is 1.09. The molecule has 1 N–H and O–H groups in total. The van der Waals surface area contributed by atoms with Gasteiger partial charge in [0, 0.05) is 15.8 Å². The summed E-state index contributed by atoms with van der Waals surface area (Å²) in [5, 5.41) is 4.22. The first-order valence-electron chi connectivity index (χ1n) is 7.75. The van der Waals surface area contributed by atoms with Gasteiger partial charge in [0.1, 0.15) is 0 Å². The van der Waals surface area contributed by atoms with Crippen LogP contribution >= 0.6 is 38.9 Å². The topological polar surface area (TPSA) is 42.0 Å². The standard InChI is InChI=1S/C19H16BrClN2OS/c1-12-17(10-14-7-8-15(20)16(21)9-14)25-19(22-12)23-18(24)11-13-5-3-2-4-6-13/h2-9H,10-11H2,1H3,(H,22,23,24). The van der Waals surface area contributed by atoms with Crippen molar-refractivity contribution in [1.29, 1.82) is 0 Å². The minimum atomic E-state index is -0.0572. The molecule has 128 valence electrons. The third-order valence-corrected chi connectivity index (χ3v) is 6.00. The van der Waals surface area contributed by atoms with Crippen LogP contribution in [0, 0.1) is 6.92 Å². The Kier molecular flexibility index (Phi) is 5.89. The first-order valence-corrected chi connectivity index (χ1v) is 9.74. The number of nitrogens with zero attached hydrogens (tertiary/aromatic N) is 1. The number of hydrogen-bond donors (Lipinski definition) is 1. The molecular weight excluding hydrogens is 420 g/mol. The van der Waals surface area contributed by atoms with Crippen molar-refractivity contribution >= 4 is 49.9 Å². The lowest BCUT2D eigenvalue weighted by atomic mass is 10.1. The number of anilines is 1. The number of nitrogens with one attached hydrogen (secondary N) is 1. The number of thiazole rings is 1. The van der Waals surface area contributed by atoms with Crippen molar-refractivity contribution < 1.29 is 4.79 Å². The van der Waals surface area contributed by atoms with Gasteiger partial charge in [0.25, 0.3) is 0 Å². The summed E-state index contributed by atoms with van der Waals surface area (Å²) in [5.41, 5.74) is 3.03. The predicted octanol–water partition coefficient (Wildman–Crippen LogP) is 5.64. The van der Waals surface area contributed by atoms with Gasteiger partial charge in [-0.1, -0.05) is 48.0 Å². The van der Waals surface area contributed by atoms with Crippen molar-refractivity contribution in [3.63, 3.8) is 0 Å². The van der Waals surface area contributed by atoms with E-state index in [1.165, 1.54) is 11.3 Å². The number of amides is 1. The Hall–Kier alpha value is -1.69. The molecule has 0 radical (unpaired) electrons. The van der Waals surface area contributed by atoms with Crippen LogP contribution in [0.5, 0.6) is 0 Å². The summed E-state index contributed by atoms with van der Waals surface area (Å²) in [5.74, 6) is -0.0572. The average Bonchev–Trinajstić information content (AvgIpc) is 2.91. The average molecular weight is 436 g/mol. The molecule has 0 spiro atoms. The largest absolute Gasteiger partial charge is 0.302 e. The van der Waals surface area contributed by atoms with Crippen LogP contribution < -0.4 is 5.32 Å². The van der Waals surface area contributed by atoms with Gasteiger partial charge in [0.15, 0.2) is 5.13 Å². The lowest BCUT2D eigenvalue weighted by molar-refractivity contribution is -0.115. The van der Waals surface area contributed by atoms with Gasteiger partial charge in [0.2, 0.25) is 5.91 Å². The summed E-state index contributed by atoms with van der Waals surface area (Å²) < 4.78 is 0.882. The fourth-order valence-corrected chi connectivity index (χ4v) is 3.89. The van der Waals surface area contributed by atoms with Crippen LogP contribution in [0.4, 0.5) is 5.13 Å². The van der Waals surface area contributed by atoms with E-state index >= 15 is 0 Å². The second kappa shape index (κ2) is 8.13. The maximum absolute atomic E-state index is 12.2. The van der Waals surface area contributed by atoms with E-state index in [-0.39, 0.29) is 5.91 Å². The van der Waals surface area contributed by atoms with E-state index in [9.17, 15) is 4.79 Å². The molecule has 0 saturated heterocycles. The number of carbonyl (C=O) groups is 1. The molecule has 0 aliphatic carbocycles. The monoisotopic (exact) mass is 434 g/mol. The van der Waals surface area contributed by atoms with E-state index < -0.39 is 0 Å². The van der Waals surface area contributed by atoms with Crippen molar-refractivity contribution in [1.82, 2.24) is 4.98 Å². The van der Waals surface area contributed by atoms with Crippen molar-refractivity contribution in [3.05, 3.63) is 79.7 Å². The predicted molar refractivity (Wildman–Crippen MR) is 108 cm³/mol. The van der Waals surface area contributed by atoms with Gasteiger partial charge in [-0.2, -0.15) is 0 Å². The highest BCUT2D eigenvalue weighted by atomic mass is 79.9. The summed E-state index contributed by atoms with van der Waals surface area (Å²) in [7, 11) is 0. The number of rotatable bonds is 5. The van der Waals surface area contributed by atoms with Crippen LogP contribution in [0.3, 0.4) is 0 Å². The second-order valence-electron chi connectivity index (χ2n) is 5.66. The van der Waals surface area contributed by atoms with E-state index in [1.54, 1.807) is 0 Å². The van der Waals surface area contributed by atoms with Gasteiger partial charge in [0.05, 0.1) is 17.1 Å². The van der Waals surface area contributed by atoms with Crippen LogP contribution in [0.1, 0.15) is 21.7 Å². The molecule has 0 fully saturated rings. The zero-order valence-corrected chi connectivity index (χ0v) is 16.7. The summed E-state index contributed by atoms with van der Waals surface area (Å²) in [4.78, 5) is 17.8. The molecule has 0 aliphatic rings. The summed E-state index contributed by atoms with van der Waals surface area (Å²) >= 11 is 11.1. The van der Waals surface area contributed by atoms with E-state index in [4.69, 9.17) is 11.6 Å². The summed E-state index contributed by atoms with van der Waals surface area (Å²) in [6, 6.07) is 15.6. The maximum atomic E-state index is 12.2. The molecule has 0 atom stereocenters. The fourth-order valence-electron chi connectivity index (χ4n) is 2.43.